The highest BCUT2D eigenvalue weighted by molar-refractivity contribution is 7.99. The maximum atomic E-state index is 13.7. The third kappa shape index (κ3) is 3.83. The monoisotopic (exact) mass is 440 g/mol. The van der Waals surface area contributed by atoms with Crippen molar-refractivity contribution in [3.8, 4) is 11.4 Å². The first kappa shape index (κ1) is 21.2. The van der Waals surface area contributed by atoms with Crippen LogP contribution in [0.25, 0.3) is 15.9 Å². The predicted molar refractivity (Wildman–Crippen MR) is 128 cm³/mol. The number of rotatable bonds is 5. The fraction of sp³-hybridized carbons (Fsp3) is 0.417. The van der Waals surface area contributed by atoms with Crippen LogP contribution in [0.4, 0.5) is 0 Å². The predicted octanol–water partition coefficient (Wildman–Crippen LogP) is 5.88. The molecule has 0 saturated carbocycles. The van der Waals surface area contributed by atoms with Gasteiger partial charge in [-0.15, -0.1) is 17.9 Å². The fourth-order valence-corrected chi connectivity index (χ4v) is 6.22. The van der Waals surface area contributed by atoms with Crippen LogP contribution in [-0.2, 0) is 12.8 Å². The molecule has 4 nitrogen and oxygen atoms in total. The number of hydrogen-bond acceptors (Lipinski definition) is 5. The Kier molecular flexibility index (Phi) is 5.82. The van der Waals surface area contributed by atoms with Crippen molar-refractivity contribution in [2.45, 2.75) is 45.2 Å². The lowest BCUT2D eigenvalue weighted by Gasteiger charge is -2.33. The maximum Gasteiger partial charge on any atom is 0.267 e. The van der Waals surface area contributed by atoms with E-state index in [0.717, 1.165) is 40.9 Å². The number of hydrogen-bond donors (Lipinski definition) is 0. The SMILES string of the molecule is C=CCSc1nc2sc3c(c2c(=O)n1-c1ccc(OC)cc1)CCC(C(C)(C)C)C3. The molecule has 1 unspecified atom stereocenters. The highest BCUT2D eigenvalue weighted by atomic mass is 32.2. The van der Waals surface area contributed by atoms with E-state index in [-0.39, 0.29) is 11.0 Å². The summed E-state index contributed by atoms with van der Waals surface area (Å²) in [7, 11) is 1.64. The largest absolute Gasteiger partial charge is 0.497 e. The van der Waals surface area contributed by atoms with Crippen LogP contribution in [0, 0.1) is 11.3 Å². The summed E-state index contributed by atoms with van der Waals surface area (Å²) in [6, 6.07) is 7.59. The molecule has 1 aromatic carbocycles. The Morgan fingerprint density at radius 2 is 2.07 bits per heavy atom. The molecule has 3 aromatic rings. The van der Waals surface area contributed by atoms with Crippen LogP contribution in [0.2, 0.25) is 0 Å². The number of thioether (sulfide) groups is 1. The number of aromatic nitrogens is 2. The van der Waals surface area contributed by atoms with Gasteiger partial charge >= 0.3 is 0 Å². The summed E-state index contributed by atoms with van der Waals surface area (Å²) in [4.78, 5) is 20.9. The summed E-state index contributed by atoms with van der Waals surface area (Å²) >= 11 is 3.25. The van der Waals surface area contributed by atoms with Crippen LogP contribution in [0.15, 0.2) is 46.9 Å². The third-order valence-corrected chi connectivity index (χ3v) is 8.02. The lowest BCUT2D eigenvalue weighted by molar-refractivity contribution is 0.218. The smallest absolute Gasteiger partial charge is 0.267 e. The minimum absolute atomic E-state index is 0.0310. The van der Waals surface area contributed by atoms with Crippen molar-refractivity contribution in [2.24, 2.45) is 11.3 Å². The molecule has 4 rings (SSSR count). The molecule has 0 bridgehead atoms. The number of fused-ring (bicyclic) bond motifs is 3. The number of thiophene rings is 1. The van der Waals surface area contributed by atoms with Crippen LogP contribution < -0.4 is 10.3 Å². The second-order valence-electron chi connectivity index (χ2n) is 8.82. The highest BCUT2D eigenvalue weighted by Crippen LogP contribution is 2.42. The van der Waals surface area contributed by atoms with E-state index < -0.39 is 0 Å². The molecule has 1 aliphatic rings. The van der Waals surface area contributed by atoms with Gasteiger partial charge in [-0.3, -0.25) is 9.36 Å². The van der Waals surface area contributed by atoms with Gasteiger partial charge in [-0.05, 0) is 60.4 Å². The highest BCUT2D eigenvalue weighted by Gasteiger charge is 2.32. The summed E-state index contributed by atoms with van der Waals surface area (Å²) in [5, 5.41) is 1.52. The fourth-order valence-electron chi connectivity index (χ4n) is 4.13. The second kappa shape index (κ2) is 8.23. The van der Waals surface area contributed by atoms with Crippen molar-refractivity contribution < 1.29 is 4.74 Å². The van der Waals surface area contributed by atoms with Crippen molar-refractivity contribution in [3.05, 3.63) is 57.7 Å². The van der Waals surface area contributed by atoms with E-state index in [1.54, 1.807) is 34.8 Å². The molecule has 158 valence electrons. The van der Waals surface area contributed by atoms with Crippen molar-refractivity contribution in [1.82, 2.24) is 9.55 Å². The number of benzene rings is 1. The van der Waals surface area contributed by atoms with Gasteiger partial charge in [-0.2, -0.15) is 0 Å². The van der Waals surface area contributed by atoms with Crippen LogP contribution >= 0.6 is 23.1 Å². The Morgan fingerprint density at radius 1 is 1.33 bits per heavy atom. The Bertz CT molecular complexity index is 1140. The molecule has 0 fully saturated rings. The molecule has 0 saturated heterocycles. The zero-order chi connectivity index (χ0) is 21.5. The number of ether oxygens (including phenoxy) is 1. The van der Waals surface area contributed by atoms with Gasteiger partial charge in [0.05, 0.1) is 18.2 Å². The lowest BCUT2D eigenvalue weighted by Crippen LogP contribution is -2.27. The van der Waals surface area contributed by atoms with Gasteiger partial charge in [0.1, 0.15) is 10.6 Å². The van der Waals surface area contributed by atoms with Gasteiger partial charge in [0, 0.05) is 10.6 Å². The van der Waals surface area contributed by atoms with Gasteiger partial charge in [-0.1, -0.05) is 38.6 Å². The van der Waals surface area contributed by atoms with Gasteiger partial charge in [0.2, 0.25) is 0 Å². The molecule has 0 radical (unpaired) electrons. The van der Waals surface area contributed by atoms with E-state index in [4.69, 9.17) is 9.72 Å². The third-order valence-electron chi connectivity index (χ3n) is 5.94. The van der Waals surface area contributed by atoms with Crippen LogP contribution in [0.5, 0.6) is 5.75 Å². The second-order valence-corrected chi connectivity index (χ2v) is 10.9. The Morgan fingerprint density at radius 3 is 2.70 bits per heavy atom. The van der Waals surface area contributed by atoms with Crippen molar-refractivity contribution in [3.63, 3.8) is 0 Å². The van der Waals surface area contributed by atoms with E-state index in [9.17, 15) is 4.79 Å². The number of aryl methyl sites for hydroxylation is 1. The van der Waals surface area contributed by atoms with E-state index >= 15 is 0 Å². The zero-order valence-corrected chi connectivity index (χ0v) is 19.7. The summed E-state index contributed by atoms with van der Waals surface area (Å²) in [5.41, 5.74) is 2.33. The summed E-state index contributed by atoms with van der Waals surface area (Å²) in [6.45, 7) is 10.8. The first-order valence-electron chi connectivity index (χ1n) is 10.3. The first-order chi connectivity index (χ1) is 14.3. The molecule has 30 heavy (non-hydrogen) atoms. The lowest BCUT2D eigenvalue weighted by atomic mass is 9.72. The maximum absolute atomic E-state index is 13.7. The topological polar surface area (TPSA) is 44.1 Å². The molecule has 0 aliphatic heterocycles. The molecule has 6 heteroatoms. The van der Waals surface area contributed by atoms with Crippen LogP contribution in [0.1, 0.15) is 37.6 Å². The number of nitrogens with zero attached hydrogens (tertiary/aromatic N) is 2. The van der Waals surface area contributed by atoms with Crippen LogP contribution in [-0.4, -0.2) is 22.4 Å². The molecule has 1 atom stereocenters. The quantitative estimate of drug-likeness (QED) is 0.282. The molecular formula is C24H28N2O2S2. The van der Waals surface area contributed by atoms with E-state index in [0.29, 0.717) is 16.8 Å². The van der Waals surface area contributed by atoms with Crippen molar-refractivity contribution >= 4 is 33.3 Å². The van der Waals surface area contributed by atoms with E-state index in [1.165, 1.54) is 10.4 Å². The summed E-state index contributed by atoms with van der Waals surface area (Å²) in [5.74, 6) is 2.10. The summed E-state index contributed by atoms with van der Waals surface area (Å²) in [6.07, 6.45) is 4.96. The Hall–Kier alpha value is -2.05. The van der Waals surface area contributed by atoms with Gasteiger partial charge < -0.3 is 4.74 Å². The molecule has 0 N–H and O–H groups in total. The van der Waals surface area contributed by atoms with Crippen LogP contribution in [0.3, 0.4) is 0 Å². The van der Waals surface area contributed by atoms with Gasteiger partial charge in [0.15, 0.2) is 5.16 Å². The standard InChI is InChI=1S/C24H28N2O2S2/c1-6-13-29-23-25-21-20(18-12-7-15(24(2,3)4)14-19(18)30-21)22(27)26(23)16-8-10-17(28-5)11-9-16/h6,8-11,15H,1,7,12-14H2,2-5H3. The molecule has 2 heterocycles. The van der Waals surface area contributed by atoms with Crippen molar-refractivity contribution in [1.29, 1.82) is 0 Å². The van der Waals surface area contributed by atoms with Crippen molar-refractivity contribution in [2.75, 3.05) is 12.9 Å². The van der Waals surface area contributed by atoms with Gasteiger partial charge in [0.25, 0.3) is 5.56 Å². The molecule has 0 amide bonds. The minimum Gasteiger partial charge on any atom is -0.497 e. The number of methoxy groups -OCH3 is 1. The average molecular weight is 441 g/mol. The van der Waals surface area contributed by atoms with Gasteiger partial charge in [-0.25, -0.2) is 4.98 Å². The molecule has 2 aromatic heterocycles. The Labute approximate surface area is 186 Å². The first-order valence-corrected chi connectivity index (χ1v) is 12.1. The Balaban J connectivity index is 1.89. The molecular weight excluding hydrogens is 412 g/mol. The molecule has 0 spiro atoms. The minimum atomic E-state index is 0.0310. The summed E-state index contributed by atoms with van der Waals surface area (Å²) < 4.78 is 7.03. The normalized spacial score (nSPS) is 16.5. The van der Waals surface area contributed by atoms with E-state index in [1.807, 2.05) is 30.3 Å². The van der Waals surface area contributed by atoms with E-state index in [2.05, 4.69) is 27.4 Å². The zero-order valence-electron chi connectivity index (χ0n) is 18.0. The average Bonchev–Trinajstić information content (AvgIpc) is 3.09. The molecule has 1 aliphatic carbocycles.